The maximum atomic E-state index is 13.0. The van der Waals surface area contributed by atoms with E-state index >= 15 is 0 Å². The molecule has 0 aliphatic heterocycles. The molecular weight excluding hydrogens is 501 g/mol. The summed E-state index contributed by atoms with van der Waals surface area (Å²) in [6.07, 6.45) is 3.90. The summed E-state index contributed by atoms with van der Waals surface area (Å²) in [4.78, 5) is 0. The Kier molecular flexibility index (Phi) is 8.16. The second-order valence-corrected chi connectivity index (χ2v) is 21.2. The van der Waals surface area contributed by atoms with Gasteiger partial charge in [-0.15, -0.1) is 0 Å². The van der Waals surface area contributed by atoms with Gasteiger partial charge in [0.2, 0.25) is 16.6 Å². The van der Waals surface area contributed by atoms with Crippen molar-refractivity contribution in [2.24, 2.45) is 5.92 Å². The highest BCUT2D eigenvalue weighted by atomic mass is 32.2. The van der Waals surface area contributed by atoms with Gasteiger partial charge in [0.1, 0.15) is 17.2 Å². The van der Waals surface area contributed by atoms with Crippen LogP contribution in [0, 0.1) is 5.92 Å². The molecule has 192 valence electrons. The molecule has 34 heavy (non-hydrogen) atoms. The molecule has 0 amide bonds. The highest BCUT2D eigenvalue weighted by Gasteiger charge is 2.49. The normalized spacial score (nSPS) is 19.9. The maximum Gasteiger partial charge on any atom is 0.534 e. The van der Waals surface area contributed by atoms with Crippen molar-refractivity contribution < 1.29 is 34.6 Å². The summed E-state index contributed by atoms with van der Waals surface area (Å²) >= 11 is 0. The zero-order valence-corrected chi connectivity index (χ0v) is 23.9. The highest BCUT2D eigenvalue weighted by Crippen LogP contribution is 2.49. The van der Waals surface area contributed by atoms with Crippen LogP contribution >= 0.6 is 0 Å². The van der Waals surface area contributed by atoms with E-state index in [2.05, 4.69) is 16.8 Å². The highest BCUT2D eigenvalue weighted by molar-refractivity contribution is 7.88. The molecule has 0 aromatic heterocycles. The van der Waals surface area contributed by atoms with Crippen molar-refractivity contribution >= 4 is 26.8 Å². The van der Waals surface area contributed by atoms with Gasteiger partial charge in [0.25, 0.3) is 0 Å². The van der Waals surface area contributed by atoms with Crippen molar-refractivity contribution in [1.82, 2.24) is 0 Å². The van der Waals surface area contributed by atoms with Gasteiger partial charge in [0.15, 0.2) is 0 Å². The second kappa shape index (κ2) is 9.73. The fraction of sp³-hybridized carbons (Fsp3) is 0.565. The van der Waals surface area contributed by atoms with Crippen LogP contribution in [0.2, 0.25) is 39.3 Å². The number of benzene rings is 1. The van der Waals surface area contributed by atoms with Crippen LogP contribution in [-0.2, 0) is 10.1 Å². The van der Waals surface area contributed by atoms with Crippen LogP contribution in [-0.4, -0.2) is 30.6 Å². The van der Waals surface area contributed by atoms with Crippen LogP contribution in [0.3, 0.4) is 0 Å². The summed E-state index contributed by atoms with van der Waals surface area (Å²) in [6.45, 7) is 19.8. The Morgan fingerprint density at radius 1 is 1.03 bits per heavy atom. The first-order valence-corrected chi connectivity index (χ1v) is 19.3. The summed E-state index contributed by atoms with van der Waals surface area (Å²) in [5.41, 5.74) is -2.71. The summed E-state index contributed by atoms with van der Waals surface area (Å²) in [7, 11) is -10.4. The lowest BCUT2D eigenvalue weighted by molar-refractivity contribution is -0.0500. The van der Waals surface area contributed by atoms with Crippen molar-refractivity contribution in [1.29, 1.82) is 0 Å². The van der Waals surface area contributed by atoms with Crippen molar-refractivity contribution in [2.45, 2.75) is 77.4 Å². The Balaban J connectivity index is 2.85. The molecule has 5 nitrogen and oxygen atoms in total. The number of allylic oxidation sites excluding steroid dienone is 3. The van der Waals surface area contributed by atoms with Gasteiger partial charge in [-0.05, 0) is 71.9 Å². The maximum absolute atomic E-state index is 13.0. The van der Waals surface area contributed by atoms with Crippen LogP contribution in [0.15, 0.2) is 35.9 Å². The van der Waals surface area contributed by atoms with E-state index in [9.17, 15) is 21.6 Å². The van der Waals surface area contributed by atoms with E-state index in [1.165, 1.54) is 17.7 Å². The molecule has 0 heterocycles. The first kappa shape index (κ1) is 28.5. The van der Waals surface area contributed by atoms with Gasteiger partial charge in [0, 0.05) is 23.6 Å². The van der Waals surface area contributed by atoms with E-state index in [4.69, 9.17) is 8.85 Å². The molecule has 2 atom stereocenters. The van der Waals surface area contributed by atoms with Crippen LogP contribution in [0.5, 0.6) is 17.2 Å². The first-order valence-electron chi connectivity index (χ1n) is 11.1. The summed E-state index contributed by atoms with van der Waals surface area (Å²) < 4.78 is 79.7. The number of halogens is 3. The molecule has 2 rings (SSSR count). The average Bonchev–Trinajstić information content (AvgIpc) is 2.56. The van der Waals surface area contributed by atoms with E-state index < -0.39 is 38.0 Å². The van der Waals surface area contributed by atoms with Crippen molar-refractivity contribution in [2.75, 3.05) is 0 Å². The van der Waals surface area contributed by atoms with Crippen LogP contribution in [0.1, 0.15) is 38.2 Å². The standard InChI is InChI=1S/C23H35F3O5SSi2/c1-15(2)18-11-10-16(3)12-19(18)22-20(30-33(4,5)6)13-17(14-21(22)31-34(7,8)9)29-32(27,28)23(24,25)26/h12-14,18-19H,1,10-11H2,2-9H3/t18-,19+/m0/s1. The molecule has 1 aromatic rings. The van der Waals surface area contributed by atoms with Crippen molar-refractivity contribution in [3.05, 3.63) is 41.5 Å². The van der Waals surface area contributed by atoms with E-state index in [1.54, 1.807) is 0 Å². The first-order chi connectivity index (χ1) is 15.2. The minimum Gasteiger partial charge on any atom is -0.544 e. The number of alkyl halides is 3. The Hall–Kier alpha value is -1.73. The van der Waals surface area contributed by atoms with Gasteiger partial charge in [-0.3, -0.25) is 0 Å². The fourth-order valence-corrected chi connectivity index (χ4v) is 5.96. The van der Waals surface area contributed by atoms with Gasteiger partial charge in [-0.25, -0.2) is 0 Å². The third-order valence-electron chi connectivity index (χ3n) is 5.11. The molecule has 0 unspecified atom stereocenters. The fourth-order valence-electron chi connectivity index (χ4n) is 3.86. The molecular formula is C23H35F3O5SSi2. The minimum atomic E-state index is -5.86. The second-order valence-electron chi connectivity index (χ2n) is 10.8. The summed E-state index contributed by atoms with van der Waals surface area (Å²) in [6, 6.07) is 2.47. The molecule has 0 saturated heterocycles. The molecule has 0 spiro atoms. The predicted octanol–water partition coefficient (Wildman–Crippen LogP) is 7.36. The van der Waals surface area contributed by atoms with Crippen LogP contribution < -0.4 is 13.0 Å². The molecule has 0 fully saturated rings. The monoisotopic (exact) mass is 536 g/mol. The number of hydrogen-bond acceptors (Lipinski definition) is 5. The predicted molar refractivity (Wildman–Crippen MR) is 134 cm³/mol. The third-order valence-corrected chi connectivity index (χ3v) is 7.76. The molecule has 0 saturated carbocycles. The SMILES string of the molecule is C=C(C)[C@@H]1CCC(C)=C[C@H]1c1c(O[Si](C)(C)C)cc(OS(=O)(=O)C(F)(F)F)cc1O[Si](C)(C)C. The number of rotatable bonds is 8. The minimum absolute atomic E-state index is 0.0716. The van der Waals surface area contributed by atoms with Crippen LogP contribution in [0.4, 0.5) is 13.2 Å². The van der Waals surface area contributed by atoms with Gasteiger partial charge < -0.3 is 13.0 Å². The Bertz CT molecular complexity index is 1030. The molecule has 0 radical (unpaired) electrons. The quantitative estimate of drug-likeness (QED) is 0.150. The van der Waals surface area contributed by atoms with E-state index in [1.807, 2.05) is 53.1 Å². The van der Waals surface area contributed by atoms with E-state index in [0.29, 0.717) is 5.56 Å². The van der Waals surface area contributed by atoms with Gasteiger partial charge in [-0.2, -0.15) is 21.6 Å². The average molecular weight is 537 g/mol. The van der Waals surface area contributed by atoms with Crippen LogP contribution in [0.25, 0.3) is 0 Å². The van der Waals surface area contributed by atoms with E-state index in [0.717, 1.165) is 18.4 Å². The summed E-state index contributed by atoms with van der Waals surface area (Å²) in [5, 5.41) is 0. The van der Waals surface area contributed by atoms with Gasteiger partial charge in [0.05, 0.1) is 0 Å². The number of hydrogen-bond donors (Lipinski definition) is 0. The van der Waals surface area contributed by atoms with Crippen molar-refractivity contribution in [3.8, 4) is 17.2 Å². The van der Waals surface area contributed by atoms with E-state index in [-0.39, 0.29) is 23.3 Å². The topological polar surface area (TPSA) is 61.8 Å². The molecule has 1 aromatic carbocycles. The zero-order chi connectivity index (χ0) is 26.3. The Morgan fingerprint density at radius 2 is 1.50 bits per heavy atom. The lowest BCUT2D eigenvalue weighted by Crippen LogP contribution is -2.33. The Morgan fingerprint density at radius 3 is 1.88 bits per heavy atom. The zero-order valence-electron chi connectivity index (χ0n) is 21.1. The third kappa shape index (κ3) is 7.38. The molecule has 1 aliphatic carbocycles. The lowest BCUT2D eigenvalue weighted by atomic mass is 9.74. The van der Waals surface area contributed by atoms with Crippen molar-refractivity contribution in [3.63, 3.8) is 0 Å². The lowest BCUT2D eigenvalue weighted by Gasteiger charge is -2.35. The molecule has 11 heteroatoms. The van der Waals surface area contributed by atoms with Gasteiger partial charge in [-0.1, -0.05) is 23.8 Å². The smallest absolute Gasteiger partial charge is 0.534 e. The summed E-state index contributed by atoms with van der Waals surface area (Å²) in [5.74, 6) is -0.0421. The largest absolute Gasteiger partial charge is 0.544 e. The van der Waals surface area contributed by atoms with Gasteiger partial charge >= 0.3 is 15.6 Å². The molecule has 1 aliphatic rings. The molecule has 0 N–H and O–H groups in total. The molecule has 0 bridgehead atoms. The Labute approximate surface area is 203 Å².